The van der Waals surface area contributed by atoms with Gasteiger partial charge in [0.1, 0.15) is 5.38 Å². The van der Waals surface area contributed by atoms with Crippen molar-refractivity contribution in [3.05, 3.63) is 35.4 Å². The van der Waals surface area contributed by atoms with Crippen LogP contribution in [0.2, 0.25) is 0 Å². The molecule has 1 aliphatic carbocycles. The van der Waals surface area contributed by atoms with Gasteiger partial charge < -0.3 is 5.32 Å². The summed E-state index contributed by atoms with van der Waals surface area (Å²) in [5.74, 6) is -0.0789. The molecule has 1 aromatic carbocycles. The second-order valence-electron chi connectivity index (χ2n) is 4.06. The number of carbonyl (C=O) groups excluding carboxylic acids is 1. The first-order valence-corrected chi connectivity index (χ1v) is 5.61. The molecule has 1 amide bonds. The lowest BCUT2D eigenvalue weighted by molar-refractivity contribution is -0.121. The minimum atomic E-state index is -0.564. The van der Waals surface area contributed by atoms with E-state index in [9.17, 15) is 4.79 Å². The summed E-state index contributed by atoms with van der Waals surface area (Å²) < 4.78 is 0. The van der Waals surface area contributed by atoms with Gasteiger partial charge in [-0.05, 0) is 25.3 Å². The highest BCUT2D eigenvalue weighted by Crippen LogP contribution is 2.25. The molecule has 80 valence electrons. The van der Waals surface area contributed by atoms with Gasteiger partial charge in [-0.15, -0.1) is 11.6 Å². The Morgan fingerprint density at radius 2 is 2.27 bits per heavy atom. The lowest BCUT2D eigenvalue weighted by atomic mass is 10.1. The summed E-state index contributed by atoms with van der Waals surface area (Å²) >= 11 is 6.09. The summed E-state index contributed by atoms with van der Waals surface area (Å²) in [5.41, 5.74) is 1.99. The molecule has 15 heavy (non-hydrogen) atoms. The Labute approximate surface area is 94.6 Å². The van der Waals surface area contributed by atoms with E-state index in [1.54, 1.807) is 0 Å². The smallest absolute Gasteiger partial charge is 0.242 e. The van der Waals surface area contributed by atoms with Crippen molar-refractivity contribution in [1.82, 2.24) is 5.32 Å². The quantitative estimate of drug-likeness (QED) is 0.784. The molecule has 1 atom stereocenters. The molecule has 0 bridgehead atoms. The number of aryl methyl sites for hydroxylation is 1. The third-order valence-corrected chi connectivity index (χ3v) is 2.94. The number of nitrogens with one attached hydrogen (secondary N) is 1. The third-order valence-electron chi connectivity index (χ3n) is 2.49. The van der Waals surface area contributed by atoms with Crippen LogP contribution in [0.4, 0.5) is 0 Å². The number of hydrogen-bond acceptors (Lipinski definition) is 1. The summed E-state index contributed by atoms with van der Waals surface area (Å²) in [5, 5.41) is 2.34. The SMILES string of the molecule is Cc1cccc(C(Cl)C(=O)NC2CC2)c1. The van der Waals surface area contributed by atoms with Gasteiger partial charge in [0.2, 0.25) is 5.91 Å². The van der Waals surface area contributed by atoms with Crippen LogP contribution < -0.4 is 5.32 Å². The van der Waals surface area contributed by atoms with Crippen LogP contribution in [0.1, 0.15) is 29.3 Å². The lowest BCUT2D eigenvalue weighted by Gasteiger charge is -2.10. The van der Waals surface area contributed by atoms with Crippen LogP contribution in [0, 0.1) is 6.92 Å². The number of rotatable bonds is 3. The zero-order valence-electron chi connectivity index (χ0n) is 8.66. The molecular formula is C12H14ClNO. The van der Waals surface area contributed by atoms with Crippen LogP contribution >= 0.6 is 11.6 Å². The van der Waals surface area contributed by atoms with Crippen molar-refractivity contribution in [2.45, 2.75) is 31.2 Å². The fourth-order valence-corrected chi connectivity index (χ4v) is 1.68. The topological polar surface area (TPSA) is 29.1 Å². The molecule has 1 unspecified atom stereocenters. The van der Waals surface area contributed by atoms with Crippen molar-refractivity contribution < 1.29 is 4.79 Å². The Bertz CT molecular complexity index is 374. The highest BCUT2D eigenvalue weighted by Gasteiger charge is 2.27. The summed E-state index contributed by atoms with van der Waals surface area (Å²) in [6.45, 7) is 1.99. The van der Waals surface area contributed by atoms with Crippen molar-refractivity contribution in [2.24, 2.45) is 0 Å². The summed E-state index contributed by atoms with van der Waals surface area (Å²) in [6.07, 6.45) is 2.17. The molecule has 0 spiro atoms. The Balaban J connectivity index is 2.05. The molecule has 2 nitrogen and oxygen atoms in total. The van der Waals surface area contributed by atoms with E-state index in [0.29, 0.717) is 6.04 Å². The Morgan fingerprint density at radius 1 is 1.53 bits per heavy atom. The average molecular weight is 224 g/mol. The van der Waals surface area contributed by atoms with Crippen LogP contribution in [-0.2, 0) is 4.79 Å². The van der Waals surface area contributed by atoms with Gasteiger partial charge in [0.25, 0.3) is 0 Å². The molecule has 0 aliphatic heterocycles. The standard InChI is InChI=1S/C12H14ClNO/c1-8-3-2-4-9(7-8)11(13)12(15)14-10-5-6-10/h2-4,7,10-11H,5-6H2,1H3,(H,14,15). The maximum atomic E-state index is 11.7. The minimum absolute atomic E-state index is 0.0789. The fraction of sp³-hybridized carbons (Fsp3) is 0.417. The Kier molecular flexibility index (Phi) is 2.96. The van der Waals surface area contributed by atoms with Crippen molar-refractivity contribution in [1.29, 1.82) is 0 Å². The normalized spacial score (nSPS) is 17.2. The van der Waals surface area contributed by atoms with Gasteiger partial charge >= 0.3 is 0 Å². The van der Waals surface area contributed by atoms with Crippen molar-refractivity contribution in [3.8, 4) is 0 Å². The minimum Gasteiger partial charge on any atom is -0.352 e. The number of hydrogen-bond donors (Lipinski definition) is 1. The van der Waals surface area contributed by atoms with Gasteiger partial charge in [-0.2, -0.15) is 0 Å². The second kappa shape index (κ2) is 4.23. The van der Waals surface area contributed by atoms with Gasteiger partial charge in [0.05, 0.1) is 0 Å². The van der Waals surface area contributed by atoms with Gasteiger partial charge in [-0.1, -0.05) is 29.8 Å². The van der Waals surface area contributed by atoms with Crippen LogP contribution in [-0.4, -0.2) is 11.9 Å². The van der Waals surface area contributed by atoms with E-state index in [-0.39, 0.29) is 5.91 Å². The van der Waals surface area contributed by atoms with Gasteiger partial charge in [-0.3, -0.25) is 4.79 Å². The Morgan fingerprint density at radius 3 is 2.87 bits per heavy atom. The number of alkyl halides is 1. The molecule has 3 heteroatoms. The number of benzene rings is 1. The average Bonchev–Trinajstić information content (AvgIpc) is 3.00. The molecular weight excluding hydrogens is 210 g/mol. The number of amides is 1. The lowest BCUT2D eigenvalue weighted by Crippen LogP contribution is -2.28. The number of halogens is 1. The van der Waals surface area contributed by atoms with Crippen molar-refractivity contribution >= 4 is 17.5 Å². The predicted molar refractivity (Wildman–Crippen MR) is 60.9 cm³/mol. The monoisotopic (exact) mass is 223 g/mol. The fourth-order valence-electron chi connectivity index (χ4n) is 1.48. The first kappa shape index (κ1) is 10.5. The second-order valence-corrected chi connectivity index (χ2v) is 4.50. The molecule has 1 aromatic rings. The maximum Gasteiger partial charge on any atom is 0.242 e. The van der Waals surface area contributed by atoms with Gasteiger partial charge in [-0.25, -0.2) is 0 Å². The largest absolute Gasteiger partial charge is 0.352 e. The van der Waals surface area contributed by atoms with Gasteiger partial charge in [0, 0.05) is 6.04 Å². The first-order valence-electron chi connectivity index (χ1n) is 5.18. The zero-order valence-corrected chi connectivity index (χ0v) is 9.42. The molecule has 1 saturated carbocycles. The van der Waals surface area contributed by atoms with Crippen LogP contribution in [0.15, 0.2) is 24.3 Å². The predicted octanol–water partition coefficient (Wildman–Crippen LogP) is 2.55. The van der Waals surface area contributed by atoms with Crippen LogP contribution in [0.3, 0.4) is 0 Å². The van der Waals surface area contributed by atoms with E-state index in [2.05, 4.69) is 5.32 Å². The highest BCUT2D eigenvalue weighted by molar-refractivity contribution is 6.30. The van der Waals surface area contributed by atoms with E-state index in [4.69, 9.17) is 11.6 Å². The Hall–Kier alpha value is -1.02. The third kappa shape index (κ3) is 2.72. The summed E-state index contributed by atoms with van der Waals surface area (Å²) in [7, 11) is 0. The first-order chi connectivity index (χ1) is 7.16. The van der Waals surface area contributed by atoms with Crippen molar-refractivity contribution in [2.75, 3.05) is 0 Å². The molecule has 0 radical (unpaired) electrons. The van der Waals surface area contributed by atoms with E-state index < -0.39 is 5.38 Å². The molecule has 1 fully saturated rings. The highest BCUT2D eigenvalue weighted by atomic mass is 35.5. The molecule has 1 aliphatic rings. The van der Waals surface area contributed by atoms with E-state index in [1.807, 2.05) is 31.2 Å². The van der Waals surface area contributed by atoms with Crippen LogP contribution in [0.5, 0.6) is 0 Å². The maximum absolute atomic E-state index is 11.7. The zero-order chi connectivity index (χ0) is 10.8. The molecule has 0 aromatic heterocycles. The van der Waals surface area contributed by atoms with E-state index >= 15 is 0 Å². The molecule has 2 rings (SSSR count). The summed E-state index contributed by atoms with van der Waals surface area (Å²) in [4.78, 5) is 11.7. The van der Waals surface area contributed by atoms with E-state index in [0.717, 1.165) is 24.0 Å². The summed E-state index contributed by atoms with van der Waals surface area (Å²) in [6, 6.07) is 8.11. The van der Waals surface area contributed by atoms with Crippen LogP contribution in [0.25, 0.3) is 0 Å². The van der Waals surface area contributed by atoms with E-state index in [1.165, 1.54) is 0 Å². The molecule has 0 saturated heterocycles. The molecule has 1 N–H and O–H groups in total. The van der Waals surface area contributed by atoms with Crippen molar-refractivity contribution in [3.63, 3.8) is 0 Å². The van der Waals surface area contributed by atoms with Gasteiger partial charge in [0.15, 0.2) is 0 Å². The molecule has 0 heterocycles. The number of carbonyl (C=O) groups is 1.